The van der Waals surface area contributed by atoms with Crippen molar-refractivity contribution in [1.29, 1.82) is 0 Å². The number of carbonyl (C=O) groups is 1. The van der Waals surface area contributed by atoms with E-state index in [4.69, 9.17) is 0 Å². The molecule has 0 aromatic heterocycles. The molecular formula is C16H19NO2. The van der Waals surface area contributed by atoms with Gasteiger partial charge in [-0.15, -0.1) is 0 Å². The van der Waals surface area contributed by atoms with E-state index < -0.39 is 0 Å². The number of hydrogen-bond acceptors (Lipinski definition) is 2. The summed E-state index contributed by atoms with van der Waals surface area (Å²) in [5.41, 5.74) is 3.11. The molecule has 3 nitrogen and oxygen atoms in total. The normalized spacial score (nSPS) is 33.3. The van der Waals surface area contributed by atoms with Crippen LogP contribution in [0.25, 0.3) is 0 Å². The van der Waals surface area contributed by atoms with Gasteiger partial charge in [0.05, 0.1) is 6.10 Å². The van der Waals surface area contributed by atoms with Gasteiger partial charge in [0.25, 0.3) is 0 Å². The Hall–Kier alpha value is -1.35. The standard InChI is InChI=1S/C16H19NO2/c18-15-4-2-9-5-10(1-3-14(9)17-15)16(19)13-7-11-6-12(11)8-13/h1,3,5,11-13,16,19H,2,4,6-8H2,(H,17,18). The highest BCUT2D eigenvalue weighted by Gasteiger charge is 2.47. The van der Waals surface area contributed by atoms with Gasteiger partial charge in [-0.05, 0) is 60.6 Å². The fourth-order valence-electron chi connectivity index (χ4n) is 3.88. The van der Waals surface area contributed by atoms with Crippen LogP contribution >= 0.6 is 0 Å². The Morgan fingerprint density at radius 1 is 1.16 bits per heavy atom. The van der Waals surface area contributed by atoms with Crippen LogP contribution in [0.5, 0.6) is 0 Å². The quantitative estimate of drug-likeness (QED) is 0.855. The zero-order valence-corrected chi connectivity index (χ0v) is 10.9. The number of benzene rings is 1. The molecule has 2 N–H and O–H groups in total. The van der Waals surface area contributed by atoms with Gasteiger partial charge in [-0.1, -0.05) is 12.1 Å². The molecule has 1 aromatic rings. The number of aliphatic hydroxyl groups is 1. The summed E-state index contributed by atoms with van der Waals surface area (Å²) >= 11 is 0. The maximum absolute atomic E-state index is 11.3. The lowest BCUT2D eigenvalue weighted by Gasteiger charge is -2.23. The van der Waals surface area contributed by atoms with Gasteiger partial charge < -0.3 is 10.4 Å². The van der Waals surface area contributed by atoms with Gasteiger partial charge in [0, 0.05) is 12.1 Å². The summed E-state index contributed by atoms with van der Waals surface area (Å²) in [6.07, 6.45) is 4.80. The van der Waals surface area contributed by atoms with Crippen LogP contribution in [-0.2, 0) is 11.2 Å². The van der Waals surface area contributed by atoms with Crippen molar-refractivity contribution in [1.82, 2.24) is 0 Å². The molecule has 0 saturated heterocycles. The molecule has 1 amide bonds. The Kier molecular flexibility index (Phi) is 2.46. The molecule has 1 heterocycles. The van der Waals surface area contributed by atoms with Gasteiger partial charge >= 0.3 is 0 Å². The number of aryl methyl sites for hydroxylation is 1. The average Bonchev–Trinajstić information content (AvgIpc) is 3.04. The van der Waals surface area contributed by atoms with Crippen LogP contribution in [0.1, 0.15) is 42.9 Å². The van der Waals surface area contributed by atoms with E-state index in [0.717, 1.165) is 29.5 Å². The third-order valence-corrected chi connectivity index (χ3v) is 5.09. The topological polar surface area (TPSA) is 49.3 Å². The van der Waals surface area contributed by atoms with Crippen molar-refractivity contribution in [3.8, 4) is 0 Å². The number of amides is 1. The number of nitrogens with one attached hydrogen (secondary N) is 1. The number of aliphatic hydroxyl groups excluding tert-OH is 1. The molecule has 3 unspecified atom stereocenters. The van der Waals surface area contributed by atoms with Gasteiger partial charge in [0.15, 0.2) is 0 Å². The van der Waals surface area contributed by atoms with E-state index in [1.54, 1.807) is 0 Å². The lowest BCUT2D eigenvalue weighted by atomic mass is 9.89. The largest absolute Gasteiger partial charge is 0.388 e. The lowest BCUT2D eigenvalue weighted by Crippen LogP contribution is -2.19. The fraction of sp³-hybridized carbons (Fsp3) is 0.562. The van der Waals surface area contributed by atoms with Gasteiger partial charge in [0.1, 0.15) is 0 Å². The Morgan fingerprint density at radius 2 is 1.95 bits per heavy atom. The van der Waals surface area contributed by atoms with E-state index in [2.05, 4.69) is 11.4 Å². The van der Waals surface area contributed by atoms with Crippen molar-refractivity contribution in [3.05, 3.63) is 29.3 Å². The zero-order valence-electron chi connectivity index (χ0n) is 10.9. The van der Waals surface area contributed by atoms with Crippen LogP contribution in [0.2, 0.25) is 0 Å². The highest BCUT2D eigenvalue weighted by Crippen LogP contribution is 2.57. The molecule has 0 radical (unpaired) electrons. The summed E-state index contributed by atoms with van der Waals surface area (Å²) < 4.78 is 0. The molecule has 3 heteroatoms. The predicted octanol–water partition coefficient (Wildman–Crippen LogP) is 2.65. The first-order chi connectivity index (χ1) is 9.20. The van der Waals surface area contributed by atoms with Crippen molar-refractivity contribution in [2.45, 2.75) is 38.2 Å². The second kappa shape index (κ2) is 4.07. The van der Waals surface area contributed by atoms with Gasteiger partial charge in [-0.3, -0.25) is 4.79 Å². The lowest BCUT2D eigenvalue weighted by molar-refractivity contribution is -0.116. The predicted molar refractivity (Wildman–Crippen MR) is 72.7 cm³/mol. The van der Waals surface area contributed by atoms with E-state index >= 15 is 0 Å². The fourth-order valence-corrected chi connectivity index (χ4v) is 3.88. The average molecular weight is 257 g/mol. The Balaban J connectivity index is 1.56. The number of carbonyl (C=O) groups excluding carboxylic acids is 1. The second-order valence-corrected chi connectivity index (χ2v) is 6.40. The summed E-state index contributed by atoms with van der Waals surface area (Å²) in [7, 11) is 0. The minimum atomic E-state index is -0.323. The summed E-state index contributed by atoms with van der Waals surface area (Å²) in [4.78, 5) is 11.3. The molecule has 3 atom stereocenters. The van der Waals surface area contributed by atoms with Crippen molar-refractivity contribution < 1.29 is 9.90 Å². The number of hydrogen-bond donors (Lipinski definition) is 2. The van der Waals surface area contributed by atoms with Crippen molar-refractivity contribution in [2.24, 2.45) is 17.8 Å². The summed E-state index contributed by atoms with van der Waals surface area (Å²) in [5.74, 6) is 2.34. The van der Waals surface area contributed by atoms with Gasteiger partial charge in [-0.25, -0.2) is 0 Å². The molecule has 2 aliphatic carbocycles. The summed E-state index contributed by atoms with van der Waals surface area (Å²) in [6.45, 7) is 0. The second-order valence-electron chi connectivity index (χ2n) is 6.40. The maximum atomic E-state index is 11.3. The van der Waals surface area contributed by atoms with E-state index in [9.17, 15) is 9.90 Å². The van der Waals surface area contributed by atoms with Crippen LogP contribution in [-0.4, -0.2) is 11.0 Å². The summed E-state index contributed by atoms with van der Waals surface area (Å²) in [5, 5.41) is 13.4. The van der Waals surface area contributed by atoms with E-state index in [-0.39, 0.29) is 12.0 Å². The molecule has 0 spiro atoms. The first kappa shape index (κ1) is 11.5. The van der Waals surface area contributed by atoms with Gasteiger partial charge in [-0.2, -0.15) is 0 Å². The number of anilines is 1. The first-order valence-corrected chi connectivity index (χ1v) is 7.31. The molecule has 1 aliphatic heterocycles. The Labute approximate surface area is 113 Å². The summed E-state index contributed by atoms with van der Waals surface area (Å²) in [6, 6.07) is 6.00. The van der Waals surface area contributed by atoms with Gasteiger partial charge in [0.2, 0.25) is 5.91 Å². The minimum absolute atomic E-state index is 0.0941. The van der Waals surface area contributed by atoms with Crippen LogP contribution in [0.4, 0.5) is 5.69 Å². The van der Waals surface area contributed by atoms with Crippen LogP contribution in [0.15, 0.2) is 18.2 Å². The molecule has 19 heavy (non-hydrogen) atoms. The molecule has 2 saturated carbocycles. The zero-order chi connectivity index (χ0) is 13.0. The number of rotatable bonds is 2. The monoisotopic (exact) mass is 257 g/mol. The van der Waals surface area contributed by atoms with Crippen LogP contribution < -0.4 is 5.32 Å². The van der Waals surface area contributed by atoms with Crippen molar-refractivity contribution >= 4 is 11.6 Å². The molecule has 100 valence electrons. The first-order valence-electron chi connectivity index (χ1n) is 7.31. The molecule has 0 bridgehead atoms. The molecular weight excluding hydrogens is 238 g/mol. The maximum Gasteiger partial charge on any atom is 0.224 e. The molecule has 4 rings (SSSR count). The smallest absolute Gasteiger partial charge is 0.224 e. The highest BCUT2D eigenvalue weighted by molar-refractivity contribution is 5.93. The highest BCUT2D eigenvalue weighted by atomic mass is 16.3. The van der Waals surface area contributed by atoms with Crippen LogP contribution in [0.3, 0.4) is 0 Å². The molecule has 2 fully saturated rings. The van der Waals surface area contributed by atoms with Crippen LogP contribution in [0, 0.1) is 17.8 Å². The minimum Gasteiger partial charge on any atom is -0.388 e. The number of fused-ring (bicyclic) bond motifs is 2. The van der Waals surface area contributed by atoms with Crippen molar-refractivity contribution in [2.75, 3.05) is 5.32 Å². The third-order valence-electron chi connectivity index (χ3n) is 5.09. The third kappa shape index (κ3) is 1.96. The Bertz CT molecular complexity index is 530. The molecule has 1 aromatic carbocycles. The van der Waals surface area contributed by atoms with E-state index in [0.29, 0.717) is 12.3 Å². The SMILES string of the molecule is O=C1CCc2cc(C(O)C3CC4CC4C3)ccc2N1. The van der Waals surface area contributed by atoms with Crippen molar-refractivity contribution in [3.63, 3.8) is 0 Å². The molecule has 3 aliphatic rings. The Morgan fingerprint density at radius 3 is 2.74 bits per heavy atom. The van der Waals surface area contributed by atoms with E-state index in [1.165, 1.54) is 24.8 Å². The van der Waals surface area contributed by atoms with E-state index in [1.807, 2.05) is 12.1 Å².